The van der Waals surface area contributed by atoms with Crippen LogP contribution >= 0.6 is 0 Å². The second kappa shape index (κ2) is 6.53. The van der Waals surface area contributed by atoms with Gasteiger partial charge in [0.1, 0.15) is 24.6 Å². The summed E-state index contributed by atoms with van der Waals surface area (Å²) >= 11 is 0. The van der Waals surface area contributed by atoms with E-state index in [0.29, 0.717) is 31.7 Å². The number of morpholine rings is 1. The minimum Gasteiger partial charge on any atom is -0.361 e. The molecule has 1 spiro atoms. The van der Waals surface area contributed by atoms with Crippen LogP contribution in [0.3, 0.4) is 0 Å². The van der Waals surface area contributed by atoms with Gasteiger partial charge in [0.25, 0.3) is 5.91 Å². The standard InChI is InChI=1S/C18H19FN4O3/c19-14-3-1-4-15(9-14)23-13-18(26-11-17(23)25)5-8-21(12-18)16(24)10-22-7-2-6-20-22/h1-4,6-7,9H,5,8,10-13H2. The monoisotopic (exact) mass is 358 g/mol. The first kappa shape index (κ1) is 16.7. The molecular weight excluding hydrogens is 339 g/mol. The second-order valence-electron chi connectivity index (χ2n) is 6.70. The fourth-order valence-electron chi connectivity index (χ4n) is 3.53. The molecule has 2 fully saturated rings. The van der Waals surface area contributed by atoms with Crippen LogP contribution in [0.1, 0.15) is 6.42 Å². The first-order chi connectivity index (χ1) is 12.5. The van der Waals surface area contributed by atoms with E-state index in [2.05, 4.69) is 5.10 Å². The SMILES string of the molecule is O=C(Cn1cccn1)N1CCC2(C1)CN(c1cccc(F)c1)C(=O)CO2. The number of likely N-dealkylation sites (tertiary alicyclic amines) is 1. The summed E-state index contributed by atoms with van der Waals surface area (Å²) in [5.41, 5.74) is -0.0982. The van der Waals surface area contributed by atoms with E-state index in [9.17, 15) is 14.0 Å². The lowest BCUT2D eigenvalue weighted by molar-refractivity contribution is -0.139. The molecule has 0 saturated carbocycles. The summed E-state index contributed by atoms with van der Waals surface area (Å²) in [5, 5.41) is 4.05. The van der Waals surface area contributed by atoms with E-state index < -0.39 is 11.4 Å². The Morgan fingerprint density at radius 2 is 2.19 bits per heavy atom. The molecule has 0 radical (unpaired) electrons. The average Bonchev–Trinajstić information content (AvgIpc) is 3.28. The zero-order valence-corrected chi connectivity index (χ0v) is 14.2. The van der Waals surface area contributed by atoms with Gasteiger partial charge in [-0.05, 0) is 30.7 Å². The summed E-state index contributed by atoms with van der Waals surface area (Å²) in [7, 11) is 0. The number of benzene rings is 1. The van der Waals surface area contributed by atoms with Crippen LogP contribution in [0, 0.1) is 5.82 Å². The molecule has 136 valence electrons. The fraction of sp³-hybridized carbons (Fsp3) is 0.389. The summed E-state index contributed by atoms with van der Waals surface area (Å²) in [6.45, 7) is 1.38. The predicted molar refractivity (Wildman–Crippen MR) is 90.9 cm³/mol. The molecule has 7 nitrogen and oxygen atoms in total. The van der Waals surface area contributed by atoms with Crippen LogP contribution in [0.5, 0.6) is 0 Å². The van der Waals surface area contributed by atoms with Crippen LogP contribution in [0.4, 0.5) is 10.1 Å². The Hall–Kier alpha value is -2.74. The van der Waals surface area contributed by atoms with Crippen LogP contribution in [0.25, 0.3) is 0 Å². The van der Waals surface area contributed by atoms with Crippen LogP contribution in [0.15, 0.2) is 42.7 Å². The lowest BCUT2D eigenvalue weighted by Gasteiger charge is -2.40. The highest BCUT2D eigenvalue weighted by Gasteiger charge is 2.46. The van der Waals surface area contributed by atoms with Crippen molar-refractivity contribution in [3.05, 3.63) is 48.5 Å². The van der Waals surface area contributed by atoms with Crippen molar-refractivity contribution in [3.63, 3.8) is 0 Å². The molecule has 2 aromatic rings. The number of nitrogens with zero attached hydrogens (tertiary/aromatic N) is 4. The number of hydrogen-bond acceptors (Lipinski definition) is 4. The summed E-state index contributed by atoms with van der Waals surface area (Å²) in [4.78, 5) is 28.0. The molecule has 4 rings (SSSR count). The molecule has 2 aliphatic heterocycles. The third-order valence-electron chi connectivity index (χ3n) is 4.89. The third-order valence-corrected chi connectivity index (χ3v) is 4.89. The molecule has 1 unspecified atom stereocenters. The normalized spacial score (nSPS) is 23.0. The number of amides is 2. The number of aromatic nitrogens is 2. The minimum absolute atomic E-state index is 0.0385. The van der Waals surface area contributed by atoms with Gasteiger partial charge in [0.15, 0.2) is 0 Å². The highest BCUT2D eigenvalue weighted by atomic mass is 19.1. The van der Waals surface area contributed by atoms with Crippen LogP contribution < -0.4 is 4.90 Å². The third kappa shape index (κ3) is 3.20. The number of ether oxygens (including phenoxy) is 1. The van der Waals surface area contributed by atoms with Gasteiger partial charge in [-0.1, -0.05) is 6.07 Å². The number of hydrogen-bond donors (Lipinski definition) is 0. The zero-order valence-electron chi connectivity index (χ0n) is 14.2. The van der Waals surface area contributed by atoms with Crippen molar-refractivity contribution in [2.24, 2.45) is 0 Å². The number of halogens is 1. The van der Waals surface area contributed by atoms with Gasteiger partial charge in [-0.15, -0.1) is 0 Å². The molecule has 2 aliphatic rings. The molecule has 1 aromatic heterocycles. The first-order valence-electron chi connectivity index (χ1n) is 8.50. The average molecular weight is 358 g/mol. The summed E-state index contributed by atoms with van der Waals surface area (Å²) in [6, 6.07) is 7.73. The zero-order chi connectivity index (χ0) is 18.1. The molecule has 0 bridgehead atoms. The van der Waals surface area contributed by atoms with Crippen molar-refractivity contribution < 1.29 is 18.7 Å². The number of anilines is 1. The molecule has 1 atom stereocenters. The van der Waals surface area contributed by atoms with Gasteiger partial charge in [-0.2, -0.15) is 5.10 Å². The van der Waals surface area contributed by atoms with Crippen LogP contribution in [0.2, 0.25) is 0 Å². The van der Waals surface area contributed by atoms with E-state index in [1.54, 1.807) is 45.1 Å². The molecule has 0 N–H and O–H groups in total. The highest BCUT2D eigenvalue weighted by molar-refractivity contribution is 5.95. The smallest absolute Gasteiger partial charge is 0.253 e. The maximum absolute atomic E-state index is 13.5. The largest absolute Gasteiger partial charge is 0.361 e. The molecule has 1 aromatic carbocycles. The Balaban J connectivity index is 1.47. The van der Waals surface area contributed by atoms with Gasteiger partial charge in [0, 0.05) is 24.6 Å². The van der Waals surface area contributed by atoms with Gasteiger partial charge in [-0.25, -0.2) is 4.39 Å². The second-order valence-corrected chi connectivity index (χ2v) is 6.70. The number of rotatable bonds is 3. The molecule has 2 amide bonds. The molecule has 26 heavy (non-hydrogen) atoms. The molecule has 2 saturated heterocycles. The Bertz CT molecular complexity index is 826. The van der Waals surface area contributed by atoms with E-state index in [0.717, 1.165) is 0 Å². The number of carbonyl (C=O) groups is 2. The molecule has 0 aliphatic carbocycles. The van der Waals surface area contributed by atoms with Crippen molar-refractivity contribution in [1.29, 1.82) is 0 Å². The summed E-state index contributed by atoms with van der Waals surface area (Å²) in [6.07, 6.45) is 4.01. The summed E-state index contributed by atoms with van der Waals surface area (Å²) < 4.78 is 21.0. The Kier molecular flexibility index (Phi) is 4.20. The van der Waals surface area contributed by atoms with Crippen LogP contribution in [-0.4, -0.2) is 58.3 Å². The lowest BCUT2D eigenvalue weighted by Crippen LogP contribution is -2.56. The van der Waals surface area contributed by atoms with E-state index >= 15 is 0 Å². The molecule has 3 heterocycles. The minimum atomic E-state index is -0.611. The topological polar surface area (TPSA) is 67.7 Å². The van der Waals surface area contributed by atoms with Crippen molar-refractivity contribution in [3.8, 4) is 0 Å². The first-order valence-corrected chi connectivity index (χ1v) is 8.50. The van der Waals surface area contributed by atoms with E-state index in [4.69, 9.17) is 4.74 Å². The van der Waals surface area contributed by atoms with E-state index in [-0.39, 0.29) is 25.0 Å². The molecule has 8 heteroatoms. The van der Waals surface area contributed by atoms with Crippen molar-refractivity contribution in [2.75, 3.05) is 31.1 Å². The fourth-order valence-corrected chi connectivity index (χ4v) is 3.53. The van der Waals surface area contributed by atoms with Gasteiger partial charge in [0.2, 0.25) is 5.91 Å². The summed E-state index contributed by atoms with van der Waals surface area (Å²) in [5.74, 6) is -0.635. The maximum atomic E-state index is 13.5. The van der Waals surface area contributed by atoms with Crippen LogP contribution in [-0.2, 0) is 20.9 Å². The maximum Gasteiger partial charge on any atom is 0.253 e. The van der Waals surface area contributed by atoms with Crippen molar-refractivity contribution >= 4 is 17.5 Å². The number of carbonyl (C=O) groups excluding carboxylic acids is 2. The van der Waals surface area contributed by atoms with Crippen molar-refractivity contribution in [1.82, 2.24) is 14.7 Å². The Morgan fingerprint density at radius 3 is 2.96 bits per heavy atom. The molecular formula is C18H19FN4O3. The lowest BCUT2D eigenvalue weighted by atomic mass is 10.00. The van der Waals surface area contributed by atoms with E-state index in [1.165, 1.54) is 12.1 Å². The Morgan fingerprint density at radius 1 is 1.31 bits per heavy atom. The Labute approximate surface area is 149 Å². The van der Waals surface area contributed by atoms with E-state index in [1.807, 2.05) is 0 Å². The predicted octanol–water partition coefficient (Wildman–Crippen LogP) is 1.06. The van der Waals surface area contributed by atoms with Gasteiger partial charge >= 0.3 is 0 Å². The van der Waals surface area contributed by atoms with Gasteiger partial charge < -0.3 is 14.5 Å². The van der Waals surface area contributed by atoms with Gasteiger partial charge in [0.05, 0.1) is 13.1 Å². The highest BCUT2D eigenvalue weighted by Crippen LogP contribution is 2.32. The van der Waals surface area contributed by atoms with Gasteiger partial charge in [-0.3, -0.25) is 14.3 Å². The quantitative estimate of drug-likeness (QED) is 0.823. The van der Waals surface area contributed by atoms with Crippen molar-refractivity contribution in [2.45, 2.75) is 18.6 Å².